The molecule has 2 heterocycles. The van der Waals surface area contributed by atoms with Crippen LogP contribution in [-0.4, -0.2) is 39.7 Å². The standard InChI is InChI=1S/C22H28O7/c1-22(2,26)18-9-14-15(29-18)10-16-19(21(14)27-12-5-3-4-6-12)20(25)13(7-8-23)17(11-24)28-16/h10,12,18,23-24,26H,3-9,11H2,1-2H3/t18-/m0/s1. The Kier molecular flexibility index (Phi) is 5.31. The molecule has 0 amide bonds. The zero-order chi connectivity index (χ0) is 20.8. The van der Waals surface area contributed by atoms with Gasteiger partial charge in [0.2, 0.25) is 0 Å². The molecular weight excluding hydrogens is 376 g/mol. The Labute approximate surface area is 168 Å². The zero-order valence-electron chi connectivity index (χ0n) is 16.9. The van der Waals surface area contributed by atoms with Crippen LogP contribution in [0.5, 0.6) is 11.5 Å². The van der Waals surface area contributed by atoms with E-state index in [1.165, 1.54) is 0 Å². The molecule has 29 heavy (non-hydrogen) atoms. The van der Waals surface area contributed by atoms with Crippen molar-refractivity contribution in [2.45, 2.75) is 76.8 Å². The number of hydrogen-bond acceptors (Lipinski definition) is 7. The van der Waals surface area contributed by atoms with E-state index in [4.69, 9.17) is 13.9 Å². The molecule has 0 bridgehead atoms. The Balaban J connectivity index is 1.93. The molecule has 1 aliphatic heterocycles. The van der Waals surface area contributed by atoms with Crippen LogP contribution in [0.4, 0.5) is 0 Å². The van der Waals surface area contributed by atoms with Gasteiger partial charge in [-0.2, -0.15) is 0 Å². The summed E-state index contributed by atoms with van der Waals surface area (Å²) in [7, 11) is 0. The van der Waals surface area contributed by atoms with Gasteiger partial charge >= 0.3 is 0 Å². The van der Waals surface area contributed by atoms with E-state index >= 15 is 0 Å². The zero-order valence-corrected chi connectivity index (χ0v) is 16.9. The summed E-state index contributed by atoms with van der Waals surface area (Å²) < 4.78 is 18.2. The highest BCUT2D eigenvalue weighted by Gasteiger charge is 2.38. The van der Waals surface area contributed by atoms with Crippen molar-refractivity contribution in [3.8, 4) is 11.5 Å². The number of rotatable bonds is 6. The molecule has 1 aliphatic carbocycles. The average molecular weight is 404 g/mol. The minimum atomic E-state index is -1.06. The maximum Gasteiger partial charge on any atom is 0.200 e. The Bertz CT molecular complexity index is 964. The SMILES string of the molecule is CC(C)(O)[C@@H]1Cc2c(cc3oc(CO)c(CCO)c(=O)c3c2OC2CCCC2)O1. The van der Waals surface area contributed by atoms with E-state index in [-0.39, 0.29) is 41.5 Å². The predicted octanol–water partition coefficient (Wildman–Crippen LogP) is 2.22. The van der Waals surface area contributed by atoms with E-state index < -0.39 is 18.3 Å². The van der Waals surface area contributed by atoms with Crippen LogP contribution in [0, 0.1) is 0 Å². The van der Waals surface area contributed by atoms with Crippen LogP contribution >= 0.6 is 0 Å². The van der Waals surface area contributed by atoms with Crippen molar-refractivity contribution in [3.63, 3.8) is 0 Å². The van der Waals surface area contributed by atoms with Gasteiger partial charge in [0.25, 0.3) is 0 Å². The summed E-state index contributed by atoms with van der Waals surface area (Å²) in [5, 5.41) is 29.8. The van der Waals surface area contributed by atoms with E-state index in [9.17, 15) is 20.1 Å². The summed E-state index contributed by atoms with van der Waals surface area (Å²) in [6, 6.07) is 1.64. The Hall–Kier alpha value is -2.09. The van der Waals surface area contributed by atoms with Gasteiger partial charge in [0.05, 0.1) is 11.7 Å². The quantitative estimate of drug-likeness (QED) is 0.677. The molecule has 0 spiro atoms. The second-order valence-electron chi connectivity index (χ2n) is 8.51. The van der Waals surface area contributed by atoms with Crippen LogP contribution < -0.4 is 14.9 Å². The van der Waals surface area contributed by atoms with E-state index in [1.54, 1.807) is 19.9 Å². The molecule has 1 aromatic heterocycles. The number of aliphatic hydroxyl groups excluding tert-OH is 2. The lowest BCUT2D eigenvalue weighted by molar-refractivity contribution is -0.0229. The lowest BCUT2D eigenvalue weighted by Gasteiger charge is -2.24. The normalized spacial score (nSPS) is 19.6. The maximum atomic E-state index is 13.3. The molecule has 2 aliphatic rings. The van der Waals surface area contributed by atoms with Crippen molar-refractivity contribution in [2.24, 2.45) is 0 Å². The largest absolute Gasteiger partial charge is 0.489 e. The first-order valence-electron chi connectivity index (χ1n) is 10.2. The van der Waals surface area contributed by atoms with Gasteiger partial charge in [0.15, 0.2) is 5.43 Å². The first-order chi connectivity index (χ1) is 13.8. The minimum Gasteiger partial charge on any atom is -0.489 e. The Morgan fingerprint density at radius 1 is 1.24 bits per heavy atom. The molecule has 2 aromatic rings. The van der Waals surface area contributed by atoms with Crippen LogP contribution in [0.2, 0.25) is 0 Å². The third-order valence-electron chi connectivity index (χ3n) is 5.92. The molecule has 1 atom stereocenters. The van der Waals surface area contributed by atoms with E-state index in [2.05, 4.69) is 0 Å². The van der Waals surface area contributed by atoms with Crippen molar-refractivity contribution < 1.29 is 29.2 Å². The highest BCUT2D eigenvalue weighted by atomic mass is 16.5. The molecule has 7 nitrogen and oxygen atoms in total. The summed E-state index contributed by atoms with van der Waals surface area (Å²) in [5.74, 6) is 1.12. The van der Waals surface area contributed by atoms with Crippen molar-refractivity contribution >= 4 is 11.0 Å². The van der Waals surface area contributed by atoms with Crippen LogP contribution in [0.25, 0.3) is 11.0 Å². The fraction of sp³-hybridized carbons (Fsp3) is 0.591. The Morgan fingerprint density at radius 3 is 2.59 bits per heavy atom. The van der Waals surface area contributed by atoms with Gasteiger partial charge in [-0.15, -0.1) is 0 Å². The van der Waals surface area contributed by atoms with Gasteiger partial charge in [0, 0.05) is 36.6 Å². The molecule has 3 N–H and O–H groups in total. The molecule has 1 fully saturated rings. The maximum absolute atomic E-state index is 13.3. The average Bonchev–Trinajstić information content (AvgIpc) is 3.32. The highest BCUT2D eigenvalue weighted by molar-refractivity contribution is 5.88. The second kappa shape index (κ2) is 7.63. The lowest BCUT2D eigenvalue weighted by Crippen LogP contribution is -2.39. The van der Waals surface area contributed by atoms with E-state index in [0.717, 1.165) is 31.2 Å². The van der Waals surface area contributed by atoms with Crippen molar-refractivity contribution in [2.75, 3.05) is 6.61 Å². The van der Waals surface area contributed by atoms with E-state index in [1.807, 2.05) is 0 Å². The monoisotopic (exact) mass is 404 g/mol. The number of fused-ring (bicyclic) bond motifs is 2. The summed E-state index contributed by atoms with van der Waals surface area (Å²) in [5.41, 5.74) is -0.0612. The number of ether oxygens (including phenoxy) is 2. The molecule has 0 saturated heterocycles. The highest BCUT2D eigenvalue weighted by Crippen LogP contribution is 2.44. The molecule has 7 heteroatoms. The third kappa shape index (κ3) is 3.63. The van der Waals surface area contributed by atoms with Gasteiger partial charge in [-0.3, -0.25) is 4.79 Å². The van der Waals surface area contributed by atoms with E-state index in [0.29, 0.717) is 23.3 Å². The van der Waals surface area contributed by atoms with Crippen molar-refractivity contribution in [1.82, 2.24) is 0 Å². The van der Waals surface area contributed by atoms with Crippen molar-refractivity contribution in [1.29, 1.82) is 0 Å². The summed E-state index contributed by atoms with van der Waals surface area (Å²) in [4.78, 5) is 13.3. The Morgan fingerprint density at radius 2 is 1.97 bits per heavy atom. The number of hydrogen-bond donors (Lipinski definition) is 3. The van der Waals surface area contributed by atoms with Crippen LogP contribution in [0.15, 0.2) is 15.3 Å². The topological polar surface area (TPSA) is 109 Å². The number of benzene rings is 1. The molecular formula is C22H28O7. The first-order valence-corrected chi connectivity index (χ1v) is 10.2. The molecule has 1 saturated carbocycles. The second-order valence-corrected chi connectivity index (χ2v) is 8.51. The van der Waals surface area contributed by atoms with Gasteiger partial charge < -0.3 is 29.2 Å². The van der Waals surface area contributed by atoms with Crippen LogP contribution in [0.3, 0.4) is 0 Å². The van der Waals surface area contributed by atoms with Crippen LogP contribution in [0.1, 0.15) is 56.4 Å². The van der Waals surface area contributed by atoms with Crippen LogP contribution in [-0.2, 0) is 19.4 Å². The molecule has 0 unspecified atom stereocenters. The predicted molar refractivity (Wildman–Crippen MR) is 106 cm³/mol. The van der Waals surface area contributed by atoms with Gasteiger partial charge in [0.1, 0.15) is 40.9 Å². The molecule has 0 radical (unpaired) electrons. The fourth-order valence-electron chi connectivity index (χ4n) is 4.29. The first kappa shape index (κ1) is 20.2. The van der Waals surface area contributed by atoms with Gasteiger partial charge in [-0.25, -0.2) is 0 Å². The van der Waals surface area contributed by atoms with Gasteiger partial charge in [-0.1, -0.05) is 0 Å². The molecule has 158 valence electrons. The number of aliphatic hydroxyl groups is 3. The van der Waals surface area contributed by atoms with Crippen molar-refractivity contribution in [3.05, 3.63) is 33.2 Å². The van der Waals surface area contributed by atoms with Gasteiger partial charge in [-0.05, 0) is 39.5 Å². The minimum absolute atomic E-state index is 0.0177. The summed E-state index contributed by atoms with van der Waals surface area (Å²) in [6.07, 6.45) is 4.08. The molecule has 1 aromatic carbocycles. The molecule has 4 rings (SSSR count). The third-order valence-corrected chi connectivity index (χ3v) is 5.92. The summed E-state index contributed by atoms with van der Waals surface area (Å²) >= 11 is 0. The summed E-state index contributed by atoms with van der Waals surface area (Å²) in [6.45, 7) is 2.71. The fourth-order valence-corrected chi connectivity index (χ4v) is 4.29. The lowest BCUT2D eigenvalue weighted by atomic mass is 9.95. The smallest absolute Gasteiger partial charge is 0.200 e.